The molecule has 0 radical (unpaired) electrons. The van der Waals surface area contributed by atoms with Crippen LogP contribution in [0.2, 0.25) is 0 Å². The van der Waals surface area contributed by atoms with Crippen LogP contribution in [0.5, 0.6) is 0 Å². The van der Waals surface area contributed by atoms with Crippen LogP contribution < -0.4 is 0 Å². The third kappa shape index (κ3) is 1.26. The van der Waals surface area contributed by atoms with Crippen LogP contribution >= 0.6 is 0 Å². The molecule has 14 heavy (non-hydrogen) atoms. The number of imidazole rings is 2. The first-order valence-electron chi connectivity index (χ1n) is 3.94. The Labute approximate surface area is 79.2 Å². The molecule has 0 amide bonds. The molecule has 2 aromatic heterocycles. The largest absolute Gasteiger partial charge is 0.477 e. The van der Waals surface area contributed by atoms with Crippen LogP contribution in [0.25, 0.3) is 11.6 Å². The highest BCUT2D eigenvalue weighted by Gasteiger charge is 2.11. The molecule has 0 aromatic carbocycles. The molecule has 0 aliphatic carbocycles. The van der Waals surface area contributed by atoms with E-state index in [9.17, 15) is 4.79 Å². The van der Waals surface area contributed by atoms with Crippen molar-refractivity contribution in [2.24, 2.45) is 7.05 Å². The van der Waals surface area contributed by atoms with Crippen molar-refractivity contribution in [1.82, 2.24) is 19.5 Å². The third-order valence-electron chi connectivity index (χ3n) is 1.84. The monoisotopic (exact) mass is 192 g/mol. The van der Waals surface area contributed by atoms with Gasteiger partial charge in [0.15, 0.2) is 11.6 Å². The molecule has 0 atom stereocenters. The van der Waals surface area contributed by atoms with E-state index in [1.54, 1.807) is 17.0 Å². The molecule has 0 spiro atoms. The number of rotatable bonds is 2. The Morgan fingerprint density at radius 1 is 1.57 bits per heavy atom. The number of hydrogen-bond acceptors (Lipinski definition) is 3. The SMILES string of the molecule is Cn1ccnc1-c1ncc(C(=O)O)[nH]1. The number of aromatic amines is 1. The summed E-state index contributed by atoms with van der Waals surface area (Å²) >= 11 is 0. The quantitative estimate of drug-likeness (QED) is 0.726. The summed E-state index contributed by atoms with van der Waals surface area (Å²) in [5, 5.41) is 8.67. The first-order chi connectivity index (χ1) is 6.68. The average Bonchev–Trinajstić information content (AvgIpc) is 2.71. The summed E-state index contributed by atoms with van der Waals surface area (Å²) < 4.78 is 1.75. The maximum Gasteiger partial charge on any atom is 0.353 e. The second-order valence-electron chi connectivity index (χ2n) is 2.81. The van der Waals surface area contributed by atoms with Gasteiger partial charge in [0.2, 0.25) is 0 Å². The number of carboxylic acids is 1. The van der Waals surface area contributed by atoms with Crippen molar-refractivity contribution >= 4 is 5.97 Å². The fraction of sp³-hybridized carbons (Fsp3) is 0.125. The number of carbonyl (C=O) groups is 1. The summed E-state index contributed by atoms with van der Waals surface area (Å²) in [7, 11) is 1.81. The van der Waals surface area contributed by atoms with Gasteiger partial charge in [-0.15, -0.1) is 0 Å². The smallest absolute Gasteiger partial charge is 0.353 e. The highest BCUT2D eigenvalue weighted by atomic mass is 16.4. The van der Waals surface area contributed by atoms with Crippen LogP contribution in [0.3, 0.4) is 0 Å². The summed E-state index contributed by atoms with van der Waals surface area (Å²) in [5.41, 5.74) is 0.0583. The first kappa shape index (κ1) is 8.49. The highest BCUT2D eigenvalue weighted by molar-refractivity contribution is 5.85. The van der Waals surface area contributed by atoms with Crippen LogP contribution in [0.15, 0.2) is 18.6 Å². The lowest BCUT2D eigenvalue weighted by atomic mass is 10.5. The minimum absolute atomic E-state index is 0.0583. The molecular formula is C8H8N4O2. The Bertz CT molecular complexity index is 471. The standard InChI is InChI=1S/C8H8N4O2/c1-12-3-2-9-7(12)6-10-4-5(11-6)8(13)14/h2-4H,1H3,(H,10,11)(H,13,14). The Hall–Kier alpha value is -2.11. The summed E-state index contributed by atoms with van der Waals surface area (Å²) in [5.74, 6) is 0.0327. The highest BCUT2D eigenvalue weighted by Crippen LogP contribution is 2.11. The van der Waals surface area contributed by atoms with Gasteiger partial charge < -0.3 is 14.7 Å². The van der Waals surface area contributed by atoms with E-state index in [4.69, 9.17) is 5.11 Å². The molecule has 2 N–H and O–H groups in total. The lowest BCUT2D eigenvalue weighted by Crippen LogP contribution is -1.97. The Kier molecular flexibility index (Phi) is 1.81. The first-order valence-corrected chi connectivity index (χ1v) is 3.94. The van der Waals surface area contributed by atoms with Crippen molar-refractivity contribution in [1.29, 1.82) is 0 Å². The van der Waals surface area contributed by atoms with E-state index < -0.39 is 5.97 Å². The van der Waals surface area contributed by atoms with Gasteiger partial charge in [-0.25, -0.2) is 14.8 Å². The number of aromatic carboxylic acids is 1. The van der Waals surface area contributed by atoms with Crippen LogP contribution in [-0.4, -0.2) is 30.6 Å². The molecule has 2 heterocycles. The Morgan fingerprint density at radius 3 is 2.86 bits per heavy atom. The molecule has 0 aliphatic rings. The van der Waals surface area contributed by atoms with Crippen LogP contribution in [-0.2, 0) is 7.05 Å². The third-order valence-corrected chi connectivity index (χ3v) is 1.84. The number of aryl methyl sites for hydroxylation is 1. The van der Waals surface area contributed by atoms with E-state index >= 15 is 0 Å². The predicted octanol–water partition coefficient (Wildman–Crippen LogP) is 0.508. The molecule has 0 saturated carbocycles. The molecular weight excluding hydrogens is 184 g/mol. The summed E-state index contributed by atoms with van der Waals surface area (Å²) in [4.78, 5) is 21.2. The summed E-state index contributed by atoms with van der Waals surface area (Å²) in [6.45, 7) is 0. The zero-order valence-corrected chi connectivity index (χ0v) is 7.43. The summed E-state index contributed by atoms with van der Waals surface area (Å²) in [6, 6.07) is 0. The van der Waals surface area contributed by atoms with Gasteiger partial charge in [-0.05, 0) is 0 Å². The van der Waals surface area contributed by atoms with E-state index in [2.05, 4.69) is 15.0 Å². The van der Waals surface area contributed by atoms with E-state index in [-0.39, 0.29) is 5.69 Å². The number of H-pyrrole nitrogens is 1. The second-order valence-corrected chi connectivity index (χ2v) is 2.81. The fourth-order valence-corrected chi connectivity index (χ4v) is 1.14. The number of nitrogens with zero attached hydrogens (tertiary/aromatic N) is 3. The lowest BCUT2D eigenvalue weighted by Gasteiger charge is -1.95. The Balaban J connectivity index is 2.43. The van der Waals surface area contributed by atoms with Crippen LogP contribution in [0.4, 0.5) is 0 Å². The molecule has 0 bridgehead atoms. The van der Waals surface area contributed by atoms with Gasteiger partial charge >= 0.3 is 5.97 Å². The van der Waals surface area contributed by atoms with Gasteiger partial charge in [0.05, 0.1) is 6.20 Å². The van der Waals surface area contributed by atoms with Gasteiger partial charge in [0.1, 0.15) is 5.69 Å². The number of hydrogen-bond donors (Lipinski definition) is 2. The van der Waals surface area contributed by atoms with Crippen LogP contribution in [0.1, 0.15) is 10.5 Å². The minimum atomic E-state index is -1.03. The number of carboxylic acid groups (broad SMARTS) is 1. The number of nitrogens with one attached hydrogen (secondary N) is 1. The molecule has 0 saturated heterocycles. The van der Waals surface area contributed by atoms with E-state index in [0.29, 0.717) is 11.6 Å². The van der Waals surface area contributed by atoms with Gasteiger partial charge in [-0.1, -0.05) is 0 Å². The van der Waals surface area contributed by atoms with Crippen LogP contribution in [0, 0.1) is 0 Å². The molecule has 0 unspecified atom stereocenters. The molecule has 6 heteroatoms. The van der Waals surface area contributed by atoms with Gasteiger partial charge in [0, 0.05) is 19.4 Å². The zero-order valence-electron chi connectivity index (χ0n) is 7.43. The van der Waals surface area contributed by atoms with Crippen molar-refractivity contribution in [2.75, 3.05) is 0 Å². The second kappa shape index (κ2) is 2.99. The minimum Gasteiger partial charge on any atom is -0.477 e. The molecule has 72 valence electrons. The topological polar surface area (TPSA) is 83.8 Å². The van der Waals surface area contributed by atoms with E-state index in [1.807, 2.05) is 7.05 Å². The molecule has 2 rings (SSSR count). The maximum absolute atomic E-state index is 10.6. The van der Waals surface area contributed by atoms with E-state index in [0.717, 1.165) is 0 Å². The fourth-order valence-electron chi connectivity index (χ4n) is 1.14. The summed E-state index contributed by atoms with van der Waals surface area (Å²) in [6.07, 6.45) is 4.66. The van der Waals surface area contributed by atoms with E-state index in [1.165, 1.54) is 6.20 Å². The Morgan fingerprint density at radius 2 is 2.36 bits per heavy atom. The number of aromatic nitrogens is 4. The van der Waals surface area contributed by atoms with Gasteiger partial charge in [-0.2, -0.15) is 0 Å². The van der Waals surface area contributed by atoms with Gasteiger partial charge in [0.25, 0.3) is 0 Å². The van der Waals surface area contributed by atoms with Crippen molar-refractivity contribution in [2.45, 2.75) is 0 Å². The van der Waals surface area contributed by atoms with Crippen molar-refractivity contribution in [3.63, 3.8) is 0 Å². The molecule has 2 aromatic rings. The van der Waals surface area contributed by atoms with Crippen molar-refractivity contribution < 1.29 is 9.90 Å². The molecule has 0 aliphatic heterocycles. The predicted molar refractivity (Wildman–Crippen MR) is 47.7 cm³/mol. The van der Waals surface area contributed by atoms with Crippen molar-refractivity contribution in [3.05, 3.63) is 24.3 Å². The average molecular weight is 192 g/mol. The van der Waals surface area contributed by atoms with Gasteiger partial charge in [-0.3, -0.25) is 0 Å². The molecule has 0 fully saturated rings. The lowest BCUT2D eigenvalue weighted by molar-refractivity contribution is 0.0691. The maximum atomic E-state index is 10.6. The normalized spacial score (nSPS) is 10.4. The zero-order chi connectivity index (χ0) is 10.1. The van der Waals surface area contributed by atoms with Crippen molar-refractivity contribution in [3.8, 4) is 11.6 Å². The molecule has 6 nitrogen and oxygen atoms in total.